The van der Waals surface area contributed by atoms with E-state index in [0.29, 0.717) is 31.6 Å². The van der Waals surface area contributed by atoms with Crippen LogP contribution in [0.5, 0.6) is 5.75 Å². The lowest BCUT2D eigenvalue weighted by molar-refractivity contribution is -0.122. The molecule has 0 radical (unpaired) electrons. The number of ether oxygens (including phenoxy) is 2. The number of pyridine rings is 1. The van der Waals surface area contributed by atoms with Crippen molar-refractivity contribution in [3.05, 3.63) is 70.4 Å². The molecule has 2 aromatic heterocycles. The molecule has 1 spiro atoms. The number of nitrogens with one attached hydrogen (secondary N) is 1. The van der Waals surface area contributed by atoms with Crippen LogP contribution in [0.2, 0.25) is 0 Å². The van der Waals surface area contributed by atoms with Crippen LogP contribution in [-0.4, -0.2) is 29.7 Å². The zero-order valence-corrected chi connectivity index (χ0v) is 17.8. The van der Waals surface area contributed by atoms with Crippen LogP contribution in [0, 0.1) is 5.82 Å². The Morgan fingerprint density at radius 1 is 1.19 bits per heavy atom. The molecule has 1 atom stereocenters. The van der Waals surface area contributed by atoms with Crippen LogP contribution in [0.3, 0.4) is 0 Å². The van der Waals surface area contributed by atoms with Gasteiger partial charge in [-0.05, 0) is 35.2 Å². The van der Waals surface area contributed by atoms with Gasteiger partial charge >= 0.3 is 0 Å². The Kier molecular flexibility index (Phi) is 5.46. The minimum Gasteiger partial charge on any atom is -0.487 e. The number of hydrogen-bond donors (Lipinski definition) is 1. The maximum Gasteiger partial charge on any atom is 0.225 e. The fourth-order valence-electron chi connectivity index (χ4n) is 4.42. The van der Waals surface area contributed by atoms with Crippen LogP contribution < -0.4 is 10.1 Å². The number of hydrogen-bond acceptors (Lipinski definition) is 5. The molecule has 1 unspecified atom stereocenters. The van der Waals surface area contributed by atoms with Crippen molar-refractivity contribution < 1.29 is 18.7 Å². The van der Waals surface area contributed by atoms with E-state index in [-0.39, 0.29) is 23.4 Å². The lowest BCUT2D eigenvalue weighted by Crippen LogP contribution is -2.48. The third kappa shape index (κ3) is 4.34. The van der Waals surface area contributed by atoms with Gasteiger partial charge in [0, 0.05) is 41.5 Å². The van der Waals surface area contributed by atoms with Crippen molar-refractivity contribution in [1.29, 1.82) is 0 Å². The van der Waals surface area contributed by atoms with Gasteiger partial charge < -0.3 is 14.8 Å². The molecule has 160 valence electrons. The van der Waals surface area contributed by atoms with Gasteiger partial charge in [0.1, 0.15) is 17.2 Å². The first-order valence-corrected chi connectivity index (χ1v) is 11.3. The van der Waals surface area contributed by atoms with Gasteiger partial charge in [-0.15, -0.1) is 11.3 Å². The highest BCUT2D eigenvalue weighted by atomic mass is 32.1. The Balaban J connectivity index is 1.47. The van der Waals surface area contributed by atoms with E-state index in [2.05, 4.69) is 10.3 Å². The summed E-state index contributed by atoms with van der Waals surface area (Å²) < 4.78 is 25.7. The number of fused-ring (bicyclic) bond motifs is 1. The molecule has 4 heterocycles. The maximum atomic E-state index is 13.7. The van der Waals surface area contributed by atoms with Gasteiger partial charge in [0.15, 0.2) is 0 Å². The highest BCUT2D eigenvalue weighted by Gasteiger charge is 2.42. The van der Waals surface area contributed by atoms with E-state index in [1.54, 1.807) is 17.5 Å². The predicted octanol–water partition coefficient (Wildman–Crippen LogP) is 4.68. The quantitative estimate of drug-likeness (QED) is 0.643. The summed E-state index contributed by atoms with van der Waals surface area (Å²) >= 11 is 1.58. The monoisotopic (exact) mass is 438 g/mol. The molecule has 0 aliphatic carbocycles. The van der Waals surface area contributed by atoms with Crippen LogP contribution in [-0.2, 0) is 16.0 Å². The van der Waals surface area contributed by atoms with Crippen LogP contribution in [0.15, 0.2) is 54.2 Å². The van der Waals surface area contributed by atoms with Crippen molar-refractivity contribution in [3.63, 3.8) is 0 Å². The van der Waals surface area contributed by atoms with Crippen molar-refractivity contribution >= 4 is 17.2 Å². The summed E-state index contributed by atoms with van der Waals surface area (Å²) in [4.78, 5) is 17.8. The number of halogens is 1. The van der Waals surface area contributed by atoms with E-state index in [4.69, 9.17) is 9.47 Å². The second kappa shape index (κ2) is 8.40. The second-order valence-electron chi connectivity index (χ2n) is 8.12. The number of rotatable bonds is 4. The summed E-state index contributed by atoms with van der Waals surface area (Å²) in [5.74, 6) is 0.372. The van der Waals surface area contributed by atoms with Gasteiger partial charge in [0.2, 0.25) is 5.91 Å². The average molecular weight is 439 g/mol. The number of aromatic nitrogens is 1. The molecule has 0 bridgehead atoms. The van der Waals surface area contributed by atoms with Crippen LogP contribution >= 0.6 is 11.3 Å². The van der Waals surface area contributed by atoms with E-state index in [9.17, 15) is 9.18 Å². The lowest BCUT2D eigenvalue weighted by atomic mass is 9.81. The smallest absolute Gasteiger partial charge is 0.225 e. The van der Waals surface area contributed by atoms with E-state index in [1.807, 2.05) is 35.7 Å². The molecule has 0 saturated carbocycles. The van der Waals surface area contributed by atoms with Crippen molar-refractivity contribution in [1.82, 2.24) is 10.3 Å². The highest BCUT2D eigenvalue weighted by Crippen LogP contribution is 2.45. The van der Waals surface area contributed by atoms with E-state index < -0.39 is 0 Å². The largest absolute Gasteiger partial charge is 0.487 e. The predicted molar refractivity (Wildman–Crippen MR) is 117 cm³/mol. The summed E-state index contributed by atoms with van der Waals surface area (Å²) in [5.41, 5.74) is 2.11. The second-order valence-corrected chi connectivity index (χ2v) is 9.15. The number of amides is 1. The molecule has 3 aromatic rings. The first kappa shape index (κ1) is 20.2. The molecule has 1 saturated heterocycles. The zero-order valence-electron chi connectivity index (χ0n) is 17.0. The molecule has 1 amide bonds. The minimum absolute atomic E-state index is 0.0136. The first-order chi connectivity index (χ1) is 15.1. The molecule has 2 aliphatic heterocycles. The van der Waals surface area contributed by atoms with Crippen molar-refractivity contribution in [2.45, 2.75) is 37.3 Å². The molecular formula is C24H23FN2O3S. The molecule has 31 heavy (non-hydrogen) atoms. The molecule has 7 heteroatoms. The van der Waals surface area contributed by atoms with E-state index in [1.165, 1.54) is 12.3 Å². The van der Waals surface area contributed by atoms with Crippen molar-refractivity contribution in [2.75, 3.05) is 13.2 Å². The van der Waals surface area contributed by atoms with Crippen LogP contribution in [0.4, 0.5) is 4.39 Å². The molecule has 5 rings (SSSR count). The van der Waals surface area contributed by atoms with Crippen LogP contribution in [0.25, 0.3) is 11.1 Å². The number of carbonyl (C=O) groups is 1. The van der Waals surface area contributed by atoms with Gasteiger partial charge in [-0.2, -0.15) is 0 Å². The SMILES string of the molecule is O=C(Cc1cccs1)NC1CC2(CCOCC2)Oc2ccc(-c3cncc(F)c3)cc21. The van der Waals surface area contributed by atoms with Gasteiger partial charge in [0.25, 0.3) is 0 Å². The molecular weight excluding hydrogens is 415 g/mol. The van der Waals surface area contributed by atoms with Gasteiger partial charge in [-0.3, -0.25) is 9.78 Å². The van der Waals surface area contributed by atoms with Gasteiger partial charge in [-0.1, -0.05) is 12.1 Å². The summed E-state index contributed by atoms with van der Waals surface area (Å²) in [6.45, 7) is 1.30. The molecule has 5 nitrogen and oxygen atoms in total. The molecule has 1 aromatic carbocycles. The standard InChI is InChI=1S/C24H23FN2O3S/c25-18-10-17(14-26-15-18)16-3-4-22-20(11-16)21(13-24(30-22)5-7-29-8-6-24)27-23(28)12-19-2-1-9-31-19/h1-4,9-11,14-15,21H,5-8,12-13H2,(H,27,28). The van der Waals surface area contributed by atoms with Gasteiger partial charge in [0.05, 0.1) is 31.9 Å². The number of benzene rings is 1. The number of thiophene rings is 1. The molecule has 1 N–H and O–H groups in total. The summed E-state index contributed by atoms with van der Waals surface area (Å²) in [5, 5.41) is 5.21. The third-order valence-corrected chi connectivity index (χ3v) is 6.86. The van der Waals surface area contributed by atoms with Crippen molar-refractivity contribution in [3.8, 4) is 16.9 Å². The summed E-state index contributed by atoms with van der Waals surface area (Å²) in [7, 11) is 0. The Labute approximate surface area is 184 Å². The Morgan fingerprint density at radius 2 is 2.06 bits per heavy atom. The van der Waals surface area contributed by atoms with E-state index in [0.717, 1.165) is 34.6 Å². The summed E-state index contributed by atoms with van der Waals surface area (Å²) in [6, 6.07) is 11.0. The highest BCUT2D eigenvalue weighted by molar-refractivity contribution is 7.10. The zero-order chi connectivity index (χ0) is 21.3. The number of nitrogens with zero attached hydrogens (tertiary/aromatic N) is 1. The fourth-order valence-corrected chi connectivity index (χ4v) is 5.12. The Hall–Kier alpha value is -2.77. The Morgan fingerprint density at radius 3 is 2.84 bits per heavy atom. The van der Waals surface area contributed by atoms with Crippen molar-refractivity contribution in [2.24, 2.45) is 0 Å². The summed E-state index contributed by atoms with van der Waals surface area (Å²) in [6.07, 6.45) is 5.45. The third-order valence-electron chi connectivity index (χ3n) is 5.98. The fraction of sp³-hybridized carbons (Fsp3) is 0.333. The topological polar surface area (TPSA) is 60.5 Å². The minimum atomic E-state index is -0.381. The number of carbonyl (C=O) groups excluding carboxylic acids is 1. The normalized spacial score (nSPS) is 19.5. The van der Waals surface area contributed by atoms with E-state index >= 15 is 0 Å². The maximum absolute atomic E-state index is 13.7. The first-order valence-electron chi connectivity index (χ1n) is 10.4. The average Bonchev–Trinajstić information content (AvgIpc) is 3.27. The van der Waals surface area contributed by atoms with Gasteiger partial charge in [-0.25, -0.2) is 4.39 Å². The Bertz CT molecular complexity index is 1080. The lowest BCUT2D eigenvalue weighted by Gasteiger charge is -2.44. The molecule has 2 aliphatic rings. The molecule has 1 fully saturated rings. The van der Waals surface area contributed by atoms with Crippen LogP contribution in [0.1, 0.15) is 35.7 Å².